The van der Waals surface area contributed by atoms with Gasteiger partial charge in [0.15, 0.2) is 5.16 Å². The minimum atomic E-state index is -0.270. The fourth-order valence-electron chi connectivity index (χ4n) is 2.51. The number of thioether (sulfide) groups is 1. The molecule has 1 heterocycles. The lowest BCUT2D eigenvalue weighted by atomic mass is 10.0. The number of carbonyl (C=O) groups excluding carboxylic acids is 1. The summed E-state index contributed by atoms with van der Waals surface area (Å²) in [5, 5.41) is 16.4. The molecule has 3 aromatic rings. The van der Waals surface area contributed by atoms with E-state index >= 15 is 0 Å². The van der Waals surface area contributed by atoms with E-state index in [0.717, 1.165) is 22.2 Å². The number of aromatic nitrogens is 2. The third kappa shape index (κ3) is 4.37. The molecule has 7 heteroatoms. The largest absolute Gasteiger partial charge is 0.507 e. The molecule has 0 aliphatic carbocycles. The number of phenolic OH excluding ortho intramolecular Hbond substituents is 1. The molecule has 0 fully saturated rings. The highest BCUT2D eigenvalue weighted by Gasteiger charge is 2.07. The number of benzene rings is 2. The van der Waals surface area contributed by atoms with Gasteiger partial charge in [-0.15, -0.1) is 0 Å². The molecule has 0 atom stereocenters. The third-order valence-corrected chi connectivity index (χ3v) is 4.47. The van der Waals surface area contributed by atoms with E-state index in [1.165, 1.54) is 18.0 Å². The van der Waals surface area contributed by atoms with Gasteiger partial charge in [-0.3, -0.25) is 4.79 Å². The summed E-state index contributed by atoms with van der Waals surface area (Å²) in [6.07, 6.45) is 1.45. The van der Waals surface area contributed by atoms with Crippen molar-refractivity contribution < 1.29 is 9.90 Å². The molecule has 0 bridgehead atoms. The van der Waals surface area contributed by atoms with Crippen LogP contribution in [0.25, 0.3) is 10.8 Å². The molecule has 0 saturated heterocycles. The van der Waals surface area contributed by atoms with Gasteiger partial charge in [0.05, 0.1) is 12.0 Å². The summed E-state index contributed by atoms with van der Waals surface area (Å²) in [7, 11) is 0. The van der Waals surface area contributed by atoms with Crippen LogP contribution in [0, 0.1) is 13.8 Å². The molecule has 1 aromatic heterocycles. The Morgan fingerprint density at radius 1 is 1.19 bits per heavy atom. The van der Waals surface area contributed by atoms with E-state index < -0.39 is 0 Å². The number of hydrazone groups is 1. The monoisotopic (exact) mass is 366 g/mol. The van der Waals surface area contributed by atoms with Gasteiger partial charge >= 0.3 is 0 Å². The van der Waals surface area contributed by atoms with Crippen molar-refractivity contribution in [2.75, 3.05) is 5.75 Å². The molecule has 3 rings (SSSR count). The lowest BCUT2D eigenvalue weighted by Gasteiger charge is -2.05. The van der Waals surface area contributed by atoms with Crippen LogP contribution in [0.2, 0.25) is 0 Å². The summed E-state index contributed by atoms with van der Waals surface area (Å²) >= 11 is 1.25. The number of nitrogens with zero attached hydrogens (tertiary/aromatic N) is 3. The van der Waals surface area contributed by atoms with E-state index in [9.17, 15) is 9.90 Å². The number of nitrogens with one attached hydrogen (secondary N) is 1. The SMILES string of the molecule is Cc1cc(C)nc(SCC(=O)NN=Cc2c(O)ccc3ccccc23)n1. The number of carbonyl (C=O) groups is 1. The van der Waals surface area contributed by atoms with Gasteiger partial charge in [0.25, 0.3) is 5.91 Å². The highest BCUT2D eigenvalue weighted by molar-refractivity contribution is 7.99. The van der Waals surface area contributed by atoms with Gasteiger partial charge in [0, 0.05) is 17.0 Å². The Bertz CT molecular complexity index is 968. The zero-order valence-corrected chi connectivity index (χ0v) is 15.2. The molecule has 132 valence electrons. The molecule has 0 aliphatic heterocycles. The van der Waals surface area contributed by atoms with E-state index in [1.54, 1.807) is 6.07 Å². The first-order chi connectivity index (χ1) is 12.5. The maximum absolute atomic E-state index is 12.0. The van der Waals surface area contributed by atoms with Crippen LogP contribution in [0.1, 0.15) is 17.0 Å². The van der Waals surface area contributed by atoms with Crippen LogP contribution >= 0.6 is 11.8 Å². The molecule has 0 saturated carbocycles. The number of fused-ring (bicyclic) bond motifs is 1. The van der Waals surface area contributed by atoms with Gasteiger partial charge in [-0.2, -0.15) is 5.10 Å². The first-order valence-electron chi connectivity index (χ1n) is 8.00. The van der Waals surface area contributed by atoms with E-state index in [0.29, 0.717) is 10.7 Å². The molecule has 0 spiro atoms. The standard InChI is InChI=1S/C19H18N4O2S/c1-12-9-13(2)22-19(21-12)26-11-18(25)23-20-10-16-15-6-4-3-5-14(15)7-8-17(16)24/h3-10,24H,11H2,1-2H3,(H,23,25). The van der Waals surface area contributed by atoms with Gasteiger partial charge in [-0.05, 0) is 36.8 Å². The van der Waals surface area contributed by atoms with Crippen molar-refractivity contribution in [1.29, 1.82) is 0 Å². The smallest absolute Gasteiger partial charge is 0.250 e. The third-order valence-electron chi connectivity index (χ3n) is 3.62. The van der Waals surface area contributed by atoms with Crippen LogP contribution in [0.5, 0.6) is 5.75 Å². The Hall–Kier alpha value is -2.93. The van der Waals surface area contributed by atoms with Crippen molar-refractivity contribution in [3.8, 4) is 5.75 Å². The van der Waals surface area contributed by atoms with Crippen molar-refractivity contribution in [3.05, 3.63) is 59.4 Å². The van der Waals surface area contributed by atoms with Crippen LogP contribution in [0.15, 0.2) is 52.7 Å². The van der Waals surface area contributed by atoms with Crippen molar-refractivity contribution in [1.82, 2.24) is 15.4 Å². The molecule has 0 aliphatic rings. The maximum Gasteiger partial charge on any atom is 0.250 e. The average molecular weight is 366 g/mol. The Labute approximate surface area is 155 Å². The quantitative estimate of drug-likeness (QED) is 0.313. The maximum atomic E-state index is 12.0. The lowest BCUT2D eigenvalue weighted by molar-refractivity contribution is -0.118. The van der Waals surface area contributed by atoms with Crippen LogP contribution in [0.3, 0.4) is 0 Å². The highest BCUT2D eigenvalue weighted by atomic mass is 32.2. The summed E-state index contributed by atoms with van der Waals surface area (Å²) in [4.78, 5) is 20.5. The van der Waals surface area contributed by atoms with Gasteiger partial charge in [-0.1, -0.05) is 42.1 Å². The number of hydrogen-bond acceptors (Lipinski definition) is 6. The van der Waals surface area contributed by atoms with E-state index in [2.05, 4.69) is 20.5 Å². The van der Waals surface area contributed by atoms with Gasteiger partial charge in [0.2, 0.25) is 0 Å². The van der Waals surface area contributed by atoms with Crippen molar-refractivity contribution in [3.63, 3.8) is 0 Å². The second-order valence-corrected chi connectivity index (χ2v) is 6.68. The Morgan fingerprint density at radius 3 is 2.69 bits per heavy atom. The van der Waals surface area contributed by atoms with Crippen molar-refractivity contribution >= 4 is 34.7 Å². The average Bonchev–Trinajstić information content (AvgIpc) is 2.61. The molecule has 2 aromatic carbocycles. The fraction of sp³-hybridized carbons (Fsp3) is 0.158. The molecular weight excluding hydrogens is 348 g/mol. The molecule has 6 nitrogen and oxygen atoms in total. The summed E-state index contributed by atoms with van der Waals surface area (Å²) in [5.74, 6) is -0.00433. The minimum Gasteiger partial charge on any atom is -0.507 e. The van der Waals surface area contributed by atoms with Crippen LogP contribution in [-0.2, 0) is 4.79 Å². The Morgan fingerprint density at radius 2 is 1.92 bits per heavy atom. The second kappa shape index (κ2) is 7.97. The summed E-state index contributed by atoms with van der Waals surface area (Å²) in [6.45, 7) is 3.78. The van der Waals surface area contributed by atoms with Crippen molar-refractivity contribution in [2.45, 2.75) is 19.0 Å². The molecule has 0 unspecified atom stereocenters. The van der Waals surface area contributed by atoms with Crippen LogP contribution in [-0.4, -0.2) is 32.9 Å². The normalized spacial score (nSPS) is 11.2. The Kier molecular flexibility index (Phi) is 5.48. The number of aryl methyl sites for hydroxylation is 2. The van der Waals surface area contributed by atoms with Gasteiger partial charge in [-0.25, -0.2) is 15.4 Å². The molecule has 26 heavy (non-hydrogen) atoms. The molecule has 2 N–H and O–H groups in total. The first-order valence-corrected chi connectivity index (χ1v) is 8.99. The summed E-state index contributed by atoms with van der Waals surface area (Å²) in [5.41, 5.74) is 4.76. The predicted octanol–water partition coefficient (Wildman–Crippen LogP) is 3.19. The number of hydrogen-bond donors (Lipinski definition) is 2. The molecule has 0 radical (unpaired) electrons. The first kappa shape index (κ1) is 17.9. The van der Waals surface area contributed by atoms with E-state index in [-0.39, 0.29) is 17.4 Å². The molecular formula is C19H18N4O2S. The van der Waals surface area contributed by atoms with Crippen LogP contribution in [0.4, 0.5) is 0 Å². The minimum absolute atomic E-state index is 0.111. The van der Waals surface area contributed by atoms with E-state index in [4.69, 9.17) is 0 Å². The number of aromatic hydroxyl groups is 1. The number of rotatable bonds is 5. The zero-order valence-electron chi connectivity index (χ0n) is 14.4. The van der Waals surface area contributed by atoms with Gasteiger partial charge < -0.3 is 5.11 Å². The van der Waals surface area contributed by atoms with Crippen LogP contribution < -0.4 is 5.43 Å². The zero-order chi connectivity index (χ0) is 18.5. The topological polar surface area (TPSA) is 87.5 Å². The summed E-state index contributed by atoms with van der Waals surface area (Å²) < 4.78 is 0. The van der Waals surface area contributed by atoms with E-state index in [1.807, 2.05) is 50.2 Å². The predicted molar refractivity (Wildman–Crippen MR) is 104 cm³/mol. The lowest BCUT2D eigenvalue weighted by Crippen LogP contribution is -2.19. The summed E-state index contributed by atoms with van der Waals surface area (Å²) in [6, 6.07) is 13.0. The number of phenols is 1. The van der Waals surface area contributed by atoms with Crippen molar-refractivity contribution in [2.24, 2.45) is 5.10 Å². The second-order valence-electron chi connectivity index (χ2n) is 5.73. The highest BCUT2D eigenvalue weighted by Crippen LogP contribution is 2.25. The van der Waals surface area contributed by atoms with Gasteiger partial charge in [0.1, 0.15) is 5.75 Å². The molecule has 1 amide bonds. The number of amides is 1. The fourth-order valence-corrected chi connectivity index (χ4v) is 3.25. The Balaban J connectivity index is 1.63.